The molecule has 0 spiro atoms. The van der Waals surface area contributed by atoms with Gasteiger partial charge >= 0.3 is 0 Å². The summed E-state index contributed by atoms with van der Waals surface area (Å²) in [4.78, 5) is 22.4. The topological polar surface area (TPSA) is 69.6 Å². The highest BCUT2D eigenvalue weighted by molar-refractivity contribution is 6.12. The molecule has 1 aliphatic heterocycles. The zero-order chi connectivity index (χ0) is 12.3. The summed E-state index contributed by atoms with van der Waals surface area (Å²) in [6, 6.07) is 6.79. The lowest BCUT2D eigenvalue weighted by Crippen LogP contribution is -2.43. The number of phenols is 1. The number of rotatable bonds is 4. The Bertz CT molecular complexity index is 447. The lowest BCUT2D eigenvalue weighted by molar-refractivity contribution is -0.140. The second-order valence-corrected chi connectivity index (χ2v) is 3.67. The minimum absolute atomic E-state index is 0.218. The van der Waals surface area contributed by atoms with Crippen LogP contribution in [0.15, 0.2) is 36.4 Å². The van der Waals surface area contributed by atoms with Gasteiger partial charge in [0.1, 0.15) is 5.75 Å². The molecule has 1 aromatic rings. The van der Waals surface area contributed by atoms with E-state index in [0.29, 0.717) is 13.0 Å². The van der Waals surface area contributed by atoms with Crippen LogP contribution in [0.4, 0.5) is 0 Å². The van der Waals surface area contributed by atoms with Crippen molar-refractivity contribution in [2.75, 3.05) is 6.54 Å². The molecule has 0 saturated heterocycles. The molecule has 2 rings (SSSR count). The van der Waals surface area contributed by atoms with Crippen LogP contribution in [0.3, 0.4) is 0 Å². The average molecular weight is 232 g/mol. The molecule has 0 unspecified atom stereocenters. The van der Waals surface area contributed by atoms with E-state index in [1.54, 1.807) is 24.3 Å². The SMILES string of the molecule is O=C1C=CC(=O)N1NCCc1ccc(O)cc1. The Morgan fingerprint density at radius 1 is 1.06 bits per heavy atom. The van der Waals surface area contributed by atoms with Crippen LogP contribution in [0.25, 0.3) is 0 Å². The zero-order valence-corrected chi connectivity index (χ0v) is 9.09. The fourth-order valence-corrected chi connectivity index (χ4v) is 1.53. The Labute approximate surface area is 98.3 Å². The molecular formula is C12H12N2O3. The van der Waals surface area contributed by atoms with Crippen molar-refractivity contribution in [3.8, 4) is 5.75 Å². The van der Waals surface area contributed by atoms with Crippen molar-refractivity contribution >= 4 is 11.8 Å². The van der Waals surface area contributed by atoms with Gasteiger partial charge in [0.2, 0.25) is 0 Å². The summed E-state index contributed by atoms with van der Waals surface area (Å²) in [6.07, 6.45) is 3.13. The van der Waals surface area contributed by atoms with Gasteiger partial charge in [0.25, 0.3) is 11.8 Å². The van der Waals surface area contributed by atoms with Crippen LogP contribution >= 0.6 is 0 Å². The maximum absolute atomic E-state index is 11.2. The van der Waals surface area contributed by atoms with Gasteiger partial charge in [0.05, 0.1) is 0 Å². The summed E-state index contributed by atoms with van der Waals surface area (Å²) in [6.45, 7) is 0.476. The molecule has 0 atom stereocenters. The number of hydrogen-bond donors (Lipinski definition) is 2. The third-order valence-electron chi connectivity index (χ3n) is 2.43. The second-order valence-electron chi connectivity index (χ2n) is 3.67. The molecule has 0 bridgehead atoms. The average Bonchev–Trinajstić information content (AvgIpc) is 2.63. The van der Waals surface area contributed by atoms with Crippen molar-refractivity contribution < 1.29 is 14.7 Å². The van der Waals surface area contributed by atoms with Crippen molar-refractivity contribution in [1.29, 1.82) is 0 Å². The molecule has 5 nitrogen and oxygen atoms in total. The summed E-state index contributed by atoms with van der Waals surface area (Å²) in [7, 11) is 0. The first-order valence-corrected chi connectivity index (χ1v) is 5.24. The van der Waals surface area contributed by atoms with Crippen LogP contribution in [-0.2, 0) is 16.0 Å². The summed E-state index contributed by atoms with van der Waals surface area (Å²) in [5, 5.41) is 10.1. The van der Waals surface area contributed by atoms with Gasteiger partial charge < -0.3 is 5.11 Å². The molecule has 5 heteroatoms. The summed E-state index contributed by atoms with van der Waals surface area (Å²) in [5.74, 6) is -0.475. The standard InChI is InChI=1S/C12H12N2O3/c15-10-3-1-9(2-4-10)7-8-13-14-11(16)5-6-12(14)17/h1-6,13,15H,7-8H2. The van der Waals surface area contributed by atoms with Crippen molar-refractivity contribution in [3.63, 3.8) is 0 Å². The summed E-state index contributed by atoms with van der Waals surface area (Å²) in [5.41, 5.74) is 3.77. The van der Waals surface area contributed by atoms with E-state index in [4.69, 9.17) is 5.11 Å². The third kappa shape index (κ3) is 2.70. The van der Waals surface area contributed by atoms with Crippen LogP contribution in [0.5, 0.6) is 5.75 Å². The highest BCUT2D eigenvalue weighted by Crippen LogP contribution is 2.09. The van der Waals surface area contributed by atoms with Gasteiger partial charge in [-0.2, -0.15) is 0 Å². The van der Waals surface area contributed by atoms with E-state index >= 15 is 0 Å². The van der Waals surface area contributed by atoms with E-state index in [2.05, 4.69) is 5.43 Å². The molecule has 2 amide bonds. The molecule has 2 N–H and O–H groups in total. The number of nitrogens with one attached hydrogen (secondary N) is 1. The van der Waals surface area contributed by atoms with Crippen LogP contribution in [-0.4, -0.2) is 28.5 Å². The van der Waals surface area contributed by atoms with Crippen LogP contribution in [0.2, 0.25) is 0 Å². The van der Waals surface area contributed by atoms with Gasteiger partial charge in [-0.3, -0.25) is 9.59 Å². The Balaban J connectivity index is 1.82. The number of benzene rings is 1. The highest BCUT2D eigenvalue weighted by Gasteiger charge is 2.22. The summed E-state index contributed by atoms with van der Waals surface area (Å²) >= 11 is 0. The number of phenolic OH excluding ortho intramolecular Hbond substituents is 1. The fraction of sp³-hybridized carbons (Fsp3) is 0.167. The maximum atomic E-state index is 11.2. The van der Waals surface area contributed by atoms with E-state index in [9.17, 15) is 9.59 Å². The second kappa shape index (κ2) is 4.80. The van der Waals surface area contributed by atoms with Crippen LogP contribution in [0, 0.1) is 0 Å². The molecule has 0 aromatic heterocycles. The van der Waals surface area contributed by atoms with E-state index in [1.807, 2.05) is 0 Å². The predicted molar refractivity (Wildman–Crippen MR) is 60.8 cm³/mol. The van der Waals surface area contributed by atoms with Gasteiger partial charge in [-0.25, -0.2) is 10.4 Å². The molecule has 88 valence electrons. The van der Waals surface area contributed by atoms with Crippen molar-refractivity contribution in [1.82, 2.24) is 10.4 Å². The largest absolute Gasteiger partial charge is 0.508 e. The van der Waals surface area contributed by atoms with Crippen LogP contribution in [0.1, 0.15) is 5.56 Å². The molecule has 0 radical (unpaired) electrons. The van der Waals surface area contributed by atoms with Gasteiger partial charge in [-0.1, -0.05) is 12.1 Å². The Morgan fingerprint density at radius 2 is 1.65 bits per heavy atom. The number of carbonyl (C=O) groups excluding carboxylic acids is 2. The number of carbonyl (C=O) groups is 2. The zero-order valence-electron chi connectivity index (χ0n) is 9.09. The third-order valence-corrected chi connectivity index (χ3v) is 2.43. The Hall–Kier alpha value is -2.14. The van der Waals surface area contributed by atoms with E-state index in [1.165, 1.54) is 12.2 Å². The van der Waals surface area contributed by atoms with Gasteiger partial charge in [0, 0.05) is 18.7 Å². The molecule has 17 heavy (non-hydrogen) atoms. The predicted octanol–water partition coefficient (Wildman–Crippen LogP) is 0.364. The number of hydrogen-bond acceptors (Lipinski definition) is 4. The molecule has 1 aromatic carbocycles. The van der Waals surface area contributed by atoms with Gasteiger partial charge in [0.15, 0.2) is 0 Å². The van der Waals surface area contributed by atoms with Gasteiger partial charge in [-0.15, -0.1) is 0 Å². The number of aromatic hydroxyl groups is 1. The minimum Gasteiger partial charge on any atom is -0.508 e. The van der Waals surface area contributed by atoms with Crippen LogP contribution < -0.4 is 5.43 Å². The van der Waals surface area contributed by atoms with Crippen molar-refractivity contribution in [2.24, 2.45) is 0 Å². The molecule has 1 aliphatic rings. The maximum Gasteiger partial charge on any atom is 0.268 e. The van der Waals surface area contributed by atoms with Gasteiger partial charge in [-0.05, 0) is 24.1 Å². The number of amides is 2. The first-order valence-electron chi connectivity index (χ1n) is 5.24. The Morgan fingerprint density at radius 3 is 2.24 bits per heavy atom. The Kier molecular flexibility index (Phi) is 3.20. The normalized spacial score (nSPS) is 14.7. The van der Waals surface area contributed by atoms with E-state index < -0.39 is 0 Å². The van der Waals surface area contributed by atoms with E-state index in [0.717, 1.165) is 10.6 Å². The minimum atomic E-state index is -0.347. The molecule has 0 saturated carbocycles. The number of hydrazine groups is 1. The monoisotopic (exact) mass is 232 g/mol. The fourth-order valence-electron chi connectivity index (χ4n) is 1.53. The first-order chi connectivity index (χ1) is 8.16. The van der Waals surface area contributed by atoms with Crippen molar-refractivity contribution in [2.45, 2.75) is 6.42 Å². The lowest BCUT2D eigenvalue weighted by Gasteiger charge is -2.14. The smallest absolute Gasteiger partial charge is 0.268 e. The molecule has 1 heterocycles. The lowest BCUT2D eigenvalue weighted by atomic mass is 10.1. The molecule has 0 fully saturated rings. The van der Waals surface area contributed by atoms with E-state index in [-0.39, 0.29) is 17.6 Å². The highest BCUT2D eigenvalue weighted by atomic mass is 16.3. The number of imide groups is 1. The quantitative estimate of drug-likeness (QED) is 0.736. The van der Waals surface area contributed by atoms with Crippen molar-refractivity contribution in [3.05, 3.63) is 42.0 Å². The molecular weight excluding hydrogens is 220 g/mol. The summed E-state index contributed by atoms with van der Waals surface area (Å²) < 4.78 is 0. The number of nitrogens with zero attached hydrogens (tertiary/aromatic N) is 1. The molecule has 0 aliphatic carbocycles. The first kappa shape index (κ1) is 11.3.